The van der Waals surface area contributed by atoms with E-state index in [1.165, 1.54) is 11.8 Å². The molecule has 4 rings (SSSR count). The maximum Gasteiger partial charge on any atom is 0.266 e. The maximum absolute atomic E-state index is 13.0. The number of amides is 1. The predicted molar refractivity (Wildman–Crippen MR) is 138 cm³/mol. The van der Waals surface area contributed by atoms with Crippen molar-refractivity contribution in [2.45, 2.75) is 20.5 Å². The largest absolute Gasteiger partial charge is 0.490 e. The summed E-state index contributed by atoms with van der Waals surface area (Å²) < 4.78 is 11.8. The summed E-state index contributed by atoms with van der Waals surface area (Å²) in [4.78, 5) is 24.0. The Morgan fingerprint density at radius 1 is 1.06 bits per heavy atom. The molecule has 34 heavy (non-hydrogen) atoms. The van der Waals surface area contributed by atoms with Gasteiger partial charge in [0.05, 0.1) is 11.5 Å². The Hall–Kier alpha value is -3.29. The van der Waals surface area contributed by atoms with Crippen LogP contribution in [0.5, 0.6) is 11.5 Å². The van der Waals surface area contributed by atoms with E-state index in [2.05, 4.69) is 9.98 Å². The van der Waals surface area contributed by atoms with Crippen LogP contribution in [0.4, 0.5) is 5.82 Å². The van der Waals surface area contributed by atoms with Crippen molar-refractivity contribution in [1.82, 2.24) is 9.88 Å². The third kappa shape index (κ3) is 5.79. The van der Waals surface area contributed by atoms with Crippen LogP contribution < -0.4 is 9.47 Å². The predicted octanol–water partition coefficient (Wildman–Crippen LogP) is 6.34. The third-order valence-electron chi connectivity index (χ3n) is 4.94. The van der Waals surface area contributed by atoms with Gasteiger partial charge in [0.15, 0.2) is 22.5 Å². The zero-order chi connectivity index (χ0) is 23.9. The van der Waals surface area contributed by atoms with E-state index in [4.69, 9.17) is 21.1 Å². The van der Waals surface area contributed by atoms with Crippen molar-refractivity contribution in [3.63, 3.8) is 0 Å². The minimum atomic E-state index is -0.0804. The Balaban J connectivity index is 1.55. The molecule has 1 amide bonds. The number of carbonyl (C=O) groups is 1. The van der Waals surface area contributed by atoms with Gasteiger partial charge in [-0.3, -0.25) is 9.69 Å². The number of ether oxygens (including phenoxy) is 2. The van der Waals surface area contributed by atoms with Crippen molar-refractivity contribution in [2.75, 3.05) is 13.2 Å². The molecule has 0 spiro atoms. The molecule has 1 saturated heterocycles. The van der Waals surface area contributed by atoms with Gasteiger partial charge in [0, 0.05) is 17.8 Å². The number of pyridine rings is 1. The smallest absolute Gasteiger partial charge is 0.266 e. The highest BCUT2D eigenvalue weighted by Gasteiger charge is 2.32. The number of thioether (sulfide) groups is 1. The van der Waals surface area contributed by atoms with Crippen molar-refractivity contribution in [3.8, 4) is 11.5 Å². The summed E-state index contributed by atoms with van der Waals surface area (Å²) in [5.74, 6) is 1.74. The molecule has 0 radical (unpaired) electrons. The third-order valence-corrected chi connectivity index (χ3v) is 6.20. The summed E-state index contributed by atoms with van der Waals surface area (Å²) in [6, 6.07) is 18.7. The first kappa shape index (κ1) is 23.9. The van der Waals surface area contributed by atoms with E-state index in [1.54, 1.807) is 11.1 Å². The number of hydrogen-bond donors (Lipinski definition) is 0. The second-order valence-corrected chi connectivity index (χ2v) is 8.74. The summed E-state index contributed by atoms with van der Waals surface area (Å²) >= 11 is 7.29. The van der Waals surface area contributed by atoms with Crippen molar-refractivity contribution in [3.05, 3.63) is 87.9 Å². The molecule has 174 valence electrons. The fourth-order valence-electron chi connectivity index (χ4n) is 3.28. The highest BCUT2D eigenvalue weighted by Crippen LogP contribution is 2.35. The summed E-state index contributed by atoms with van der Waals surface area (Å²) in [5, 5.41) is 1.30. The van der Waals surface area contributed by atoms with Crippen molar-refractivity contribution >= 4 is 46.3 Å². The number of hydrogen-bond acceptors (Lipinski definition) is 6. The highest BCUT2D eigenvalue weighted by atomic mass is 35.5. The molecule has 0 saturated carbocycles. The number of amidine groups is 1. The molecular weight excluding hydrogens is 470 g/mol. The number of benzene rings is 2. The topological polar surface area (TPSA) is 64.0 Å². The Bertz CT molecular complexity index is 1210. The van der Waals surface area contributed by atoms with Crippen molar-refractivity contribution in [1.29, 1.82) is 0 Å². The molecule has 0 atom stereocenters. The number of aromatic nitrogens is 1. The fourth-order valence-corrected chi connectivity index (χ4v) is 4.46. The van der Waals surface area contributed by atoms with Crippen LogP contribution in [0.15, 0.2) is 76.8 Å². The molecule has 0 N–H and O–H groups in total. The van der Waals surface area contributed by atoms with Gasteiger partial charge < -0.3 is 9.47 Å². The lowest BCUT2D eigenvalue weighted by Gasteiger charge is -2.13. The van der Waals surface area contributed by atoms with E-state index in [9.17, 15) is 4.79 Å². The number of rotatable bonds is 8. The second-order valence-electron chi connectivity index (χ2n) is 7.30. The summed E-state index contributed by atoms with van der Waals surface area (Å²) in [7, 11) is 0. The molecule has 0 bridgehead atoms. The lowest BCUT2D eigenvalue weighted by Crippen LogP contribution is -2.28. The molecule has 0 unspecified atom stereocenters. The lowest BCUT2D eigenvalue weighted by molar-refractivity contribution is -0.122. The van der Waals surface area contributed by atoms with E-state index in [0.29, 0.717) is 52.2 Å². The minimum absolute atomic E-state index is 0.0804. The molecule has 1 aromatic heterocycles. The Morgan fingerprint density at radius 3 is 2.59 bits per heavy atom. The molecule has 3 aromatic rings. The molecule has 0 aliphatic carbocycles. The van der Waals surface area contributed by atoms with Crippen LogP contribution in [0, 0.1) is 0 Å². The maximum atomic E-state index is 13.0. The summed E-state index contributed by atoms with van der Waals surface area (Å²) in [5.41, 5.74) is 1.85. The molecule has 2 heterocycles. The van der Waals surface area contributed by atoms with E-state index in [1.807, 2.05) is 80.6 Å². The van der Waals surface area contributed by atoms with Crippen molar-refractivity contribution < 1.29 is 14.3 Å². The zero-order valence-electron chi connectivity index (χ0n) is 18.9. The first-order valence-electron chi connectivity index (χ1n) is 10.9. The normalized spacial score (nSPS) is 15.9. The zero-order valence-corrected chi connectivity index (χ0v) is 20.5. The van der Waals surface area contributed by atoms with Gasteiger partial charge in [0.2, 0.25) is 0 Å². The van der Waals surface area contributed by atoms with E-state index in [-0.39, 0.29) is 5.91 Å². The molecule has 8 heteroatoms. The first-order valence-corrected chi connectivity index (χ1v) is 12.1. The molecule has 1 fully saturated rings. The quantitative estimate of drug-likeness (QED) is 0.343. The summed E-state index contributed by atoms with van der Waals surface area (Å²) in [6.45, 7) is 5.26. The van der Waals surface area contributed by atoms with Gasteiger partial charge in [0.1, 0.15) is 6.61 Å². The van der Waals surface area contributed by atoms with Crippen LogP contribution in [-0.2, 0) is 11.4 Å². The molecule has 2 aromatic carbocycles. The van der Waals surface area contributed by atoms with Crippen molar-refractivity contribution in [2.24, 2.45) is 4.99 Å². The Morgan fingerprint density at radius 2 is 1.88 bits per heavy atom. The fraction of sp³-hybridized carbons (Fsp3) is 0.192. The van der Waals surface area contributed by atoms with Crippen LogP contribution in [0.1, 0.15) is 25.0 Å². The number of nitrogens with zero attached hydrogens (tertiary/aromatic N) is 3. The number of likely N-dealkylation sites (N-methyl/N-ethyl adjacent to an activating group) is 1. The van der Waals surface area contributed by atoms with Crippen LogP contribution >= 0.6 is 23.4 Å². The highest BCUT2D eigenvalue weighted by molar-refractivity contribution is 8.18. The number of aliphatic imine (C=N–C) groups is 1. The lowest BCUT2D eigenvalue weighted by atomic mass is 10.1. The van der Waals surface area contributed by atoms with Gasteiger partial charge in [-0.1, -0.05) is 35.9 Å². The van der Waals surface area contributed by atoms with Gasteiger partial charge in [-0.2, -0.15) is 0 Å². The molecule has 6 nitrogen and oxygen atoms in total. The standard InChI is InChI=1S/C26H24ClN3O3S/c1-3-30-25(31)23(34-26(30)29-24-7-5-6-14-28-24)16-19-10-13-21(22(15-19)32-4-2)33-17-18-8-11-20(27)12-9-18/h5-16H,3-4,17H2,1-2H3/b23-16-,29-26+. The van der Waals surface area contributed by atoms with Gasteiger partial charge in [-0.15, -0.1) is 0 Å². The first-order chi connectivity index (χ1) is 16.6. The second kappa shape index (κ2) is 11.2. The van der Waals surface area contributed by atoms with Crippen LogP contribution in [0.2, 0.25) is 5.02 Å². The Labute approximate surface area is 208 Å². The SMILES string of the molecule is CCOc1cc(/C=C2\S/C(=N/c3ccccn3)N(CC)C2=O)ccc1OCc1ccc(Cl)cc1. The minimum Gasteiger partial charge on any atom is -0.490 e. The van der Waals surface area contributed by atoms with Crippen LogP contribution in [0.3, 0.4) is 0 Å². The van der Waals surface area contributed by atoms with E-state index >= 15 is 0 Å². The molecule has 1 aliphatic heterocycles. The van der Waals surface area contributed by atoms with Gasteiger partial charge in [-0.05, 0) is 79.2 Å². The Kier molecular flexibility index (Phi) is 7.87. The van der Waals surface area contributed by atoms with E-state index in [0.717, 1.165) is 11.1 Å². The monoisotopic (exact) mass is 493 g/mol. The van der Waals surface area contributed by atoms with Crippen LogP contribution in [0.25, 0.3) is 6.08 Å². The average Bonchev–Trinajstić information content (AvgIpc) is 3.14. The van der Waals surface area contributed by atoms with Gasteiger partial charge in [-0.25, -0.2) is 9.98 Å². The van der Waals surface area contributed by atoms with Crippen LogP contribution in [-0.4, -0.2) is 34.1 Å². The summed E-state index contributed by atoms with van der Waals surface area (Å²) in [6.07, 6.45) is 3.53. The van der Waals surface area contributed by atoms with Gasteiger partial charge in [0.25, 0.3) is 5.91 Å². The number of carbonyl (C=O) groups excluding carboxylic acids is 1. The van der Waals surface area contributed by atoms with Gasteiger partial charge >= 0.3 is 0 Å². The number of halogens is 1. The molecular formula is C26H24ClN3O3S. The average molecular weight is 494 g/mol. The van der Waals surface area contributed by atoms with E-state index < -0.39 is 0 Å². The molecule has 1 aliphatic rings.